The van der Waals surface area contributed by atoms with Crippen LogP contribution in [0, 0.1) is 5.92 Å². The maximum atomic E-state index is 13.3. The van der Waals surface area contributed by atoms with Crippen molar-refractivity contribution in [2.75, 3.05) is 26.1 Å². The standard InChI is InChI=1S/C30H32N4O4/c1-21(2)29(36)33(18-22-11-7-5-8-12-22)20-28(35)32-30-31-25(23-13-9-6-10-14-23)19-34(30)24-15-16-26(37-3)27(17-24)38-4/h5-17,19,21H,18,20H2,1-4H3,(H,31,32,35). The third kappa shape index (κ3) is 6.21. The number of benzene rings is 3. The van der Waals surface area contributed by atoms with E-state index in [-0.39, 0.29) is 24.3 Å². The third-order valence-electron chi connectivity index (χ3n) is 6.03. The maximum Gasteiger partial charge on any atom is 0.246 e. The predicted molar refractivity (Wildman–Crippen MR) is 147 cm³/mol. The first-order valence-electron chi connectivity index (χ1n) is 12.4. The molecule has 1 N–H and O–H groups in total. The molecule has 8 nitrogen and oxygen atoms in total. The number of amides is 2. The van der Waals surface area contributed by atoms with Crippen LogP contribution in [0.25, 0.3) is 16.9 Å². The average Bonchev–Trinajstić information content (AvgIpc) is 3.36. The number of anilines is 1. The second-order valence-electron chi connectivity index (χ2n) is 9.11. The van der Waals surface area contributed by atoms with E-state index in [2.05, 4.69) is 5.32 Å². The van der Waals surface area contributed by atoms with Crippen molar-refractivity contribution >= 4 is 17.8 Å². The lowest BCUT2D eigenvalue weighted by Crippen LogP contribution is -2.40. The van der Waals surface area contributed by atoms with Gasteiger partial charge in [-0.15, -0.1) is 0 Å². The smallest absolute Gasteiger partial charge is 0.246 e. The van der Waals surface area contributed by atoms with Gasteiger partial charge in [-0.05, 0) is 17.7 Å². The first-order chi connectivity index (χ1) is 18.4. The van der Waals surface area contributed by atoms with Gasteiger partial charge >= 0.3 is 0 Å². The van der Waals surface area contributed by atoms with E-state index < -0.39 is 0 Å². The van der Waals surface area contributed by atoms with Crippen molar-refractivity contribution in [2.45, 2.75) is 20.4 Å². The number of imidazole rings is 1. The number of ether oxygens (including phenoxy) is 2. The van der Waals surface area contributed by atoms with E-state index in [1.807, 2.05) is 92.8 Å². The summed E-state index contributed by atoms with van der Waals surface area (Å²) in [5.41, 5.74) is 3.28. The van der Waals surface area contributed by atoms with Crippen LogP contribution in [0.15, 0.2) is 85.1 Å². The van der Waals surface area contributed by atoms with Gasteiger partial charge in [0.1, 0.15) is 6.54 Å². The summed E-state index contributed by atoms with van der Waals surface area (Å²) in [5.74, 6) is 0.782. The molecule has 0 radical (unpaired) electrons. The fraction of sp³-hybridized carbons (Fsp3) is 0.233. The van der Waals surface area contributed by atoms with E-state index in [4.69, 9.17) is 14.5 Å². The second-order valence-corrected chi connectivity index (χ2v) is 9.11. The molecular weight excluding hydrogens is 480 g/mol. The molecule has 0 atom stereocenters. The zero-order chi connectivity index (χ0) is 27.1. The lowest BCUT2D eigenvalue weighted by molar-refractivity contribution is -0.138. The van der Waals surface area contributed by atoms with Gasteiger partial charge < -0.3 is 14.4 Å². The zero-order valence-corrected chi connectivity index (χ0v) is 22.0. The highest BCUT2D eigenvalue weighted by Crippen LogP contribution is 2.31. The van der Waals surface area contributed by atoms with E-state index in [0.29, 0.717) is 29.7 Å². The number of nitrogens with one attached hydrogen (secondary N) is 1. The highest BCUT2D eigenvalue weighted by Gasteiger charge is 2.22. The first-order valence-corrected chi connectivity index (χ1v) is 12.4. The zero-order valence-electron chi connectivity index (χ0n) is 22.0. The van der Waals surface area contributed by atoms with Gasteiger partial charge in [0.05, 0.1) is 25.6 Å². The van der Waals surface area contributed by atoms with Crippen molar-refractivity contribution in [1.29, 1.82) is 0 Å². The molecule has 4 aromatic rings. The number of nitrogens with zero attached hydrogens (tertiary/aromatic N) is 3. The molecule has 0 saturated carbocycles. The summed E-state index contributed by atoms with van der Waals surface area (Å²) in [6.07, 6.45) is 1.85. The summed E-state index contributed by atoms with van der Waals surface area (Å²) < 4.78 is 12.6. The molecule has 4 rings (SSSR count). The van der Waals surface area contributed by atoms with Gasteiger partial charge in [-0.25, -0.2) is 4.98 Å². The van der Waals surface area contributed by atoms with Gasteiger partial charge in [0.25, 0.3) is 0 Å². The molecule has 0 aliphatic heterocycles. The second kappa shape index (κ2) is 12.1. The van der Waals surface area contributed by atoms with Gasteiger partial charge in [-0.3, -0.25) is 19.5 Å². The summed E-state index contributed by atoms with van der Waals surface area (Å²) in [6.45, 7) is 3.89. The molecule has 0 aliphatic rings. The largest absolute Gasteiger partial charge is 0.493 e. The predicted octanol–water partition coefficient (Wildman–Crippen LogP) is 5.18. The van der Waals surface area contributed by atoms with E-state index in [1.165, 1.54) is 0 Å². The topological polar surface area (TPSA) is 85.7 Å². The molecule has 1 heterocycles. The number of carbonyl (C=O) groups excluding carboxylic acids is 2. The van der Waals surface area contributed by atoms with E-state index in [1.54, 1.807) is 29.8 Å². The molecule has 196 valence electrons. The molecular formula is C30H32N4O4. The molecule has 38 heavy (non-hydrogen) atoms. The van der Waals surface area contributed by atoms with E-state index in [0.717, 1.165) is 16.8 Å². The van der Waals surface area contributed by atoms with Gasteiger partial charge in [-0.1, -0.05) is 74.5 Å². The minimum absolute atomic E-state index is 0.0998. The van der Waals surface area contributed by atoms with Crippen molar-refractivity contribution in [2.24, 2.45) is 5.92 Å². The lowest BCUT2D eigenvalue weighted by Gasteiger charge is -2.24. The third-order valence-corrected chi connectivity index (χ3v) is 6.03. The summed E-state index contributed by atoms with van der Waals surface area (Å²) in [5, 5.41) is 2.92. The van der Waals surface area contributed by atoms with E-state index >= 15 is 0 Å². The van der Waals surface area contributed by atoms with Gasteiger partial charge in [0, 0.05) is 30.3 Å². The molecule has 1 aromatic heterocycles. The highest BCUT2D eigenvalue weighted by atomic mass is 16.5. The van der Waals surface area contributed by atoms with Crippen LogP contribution >= 0.6 is 0 Å². The van der Waals surface area contributed by atoms with Crippen molar-refractivity contribution in [3.05, 3.63) is 90.6 Å². The summed E-state index contributed by atoms with van der Waals surface area (Å²) in [4.78, 5) is 32.5. The number of hydrogen-bond acceptors (Lipinski definition) is 5. The molecule has 2 amide bonds. The molecule has 0 aliphatic carbocycles. The quantitative estimate of drug-likeness (QED) is 0.317. The van der Waals surface area contributed by atoms with Gasteiger partial charge in [0.2, 0.25) is 17.8 Å². The van der Waals surface area contributed by atoms with Crippen molar-refractivity contribution < 1.29 is 19.1 Å². The normalized spacial score (nSPS) is 10.8. The number of hydrogen-bond donors (Lipinski definition) is 1. The minimum Gasteiger partial charge on any atom is -0.493 e. The lowest BCUT2D eigenvalue weighted by atomic mass is 10.1. The summed E-state index contributed by atoms with van der Waals surface area (Å²) in [7, 11) is 3.15. The maximum absolute atomic E-state index is 13.3. The molecule has 3 aromatic carbocycles. The number of carbonyl (C=O) groups is 2. The van der Waals surface area contributed by atoms with Crippen molar-refractivity contribution in [3.63, 3.8) is 0 Å². The van der Waals surface area contributed by atoms with Crippen LogP contribution in [0.3, 0.4) is 0 Å². The summed E-state index contributed by atoms with van der Waals surface area (Å²) >= 11 is 0. The SMILES string of the molecule is COc1ccc(-n2cc(-c3ccccc3)nc2NC(=O)CN(Cc2ccccc2)C(=O)C(C)C)cc1OC. The molecule has 0 unspecified atom stereocenters. The Bertz CT molecular complexity index is 1380. The summed E-state index contributed by atoms with van der Waals surface area (Å²) in [6, 6.07) is 24.8. The van der Waals surface area contributed by atoms with Crippen molar-refractivity contribution in [3.8, 4) is 28.4 Å². The molecule has 0 fully saturated rings. The first kappa shape index (κ1) is 26.5. The Labute approximate surface area is 222 Å². The van der Waals surface area contributed by atoms with Crippen LogP contribution in [0.2, 0.25) is 0 Å². The molecule has 8 heteroatoms. The Balaban J connectivity index is 1.65. The van der Waals surface area contributed by atoms with Gasteiger partial charge in [-0.2, -0.15) is 0 Å². The van der Waals surface area contributed by atoms with Crippen LogP contribution < -0.4 is 14.8 Å². The Morgan fingerprint density at radius 2 is 1.58 bits per heavy atom. The van der Waals surface area contributed by atoms with Crippen LogP contribution in [0.4, 0.5) is 5.95 Å². The number of methoxy groups -OCH3 is 2. The van der Waals surface area contributed by atoms with Crippen LogP contribution in [0.5, 0.6) is 11.5 Å². The molecule has 0 bridgehead atoms. The van der Waals surface area contributed by atoms with E-state index in [9.17, 15) is 9.59 Å². The Morgan fingerprint density at radius 3 is 2.21 bits per heavy atom. The minimum atomic E-state index is -0.345. The number of rotatable bonds is 10. The van der Waals surface area contributed by atoms with Crippen LogP contribution in [-0.2, 0) is 16.1 Å². The average molecular weight is 513 g/mol. The Morgan fingerprint density at radius 1 is 0.921 bits per heavy atom. The van der Waals surface area contributed by atoms with Crippen LogP contribution in [0.1, 0.15) is 19.4 Å². The Hall–Kier alpha value is -4.59. The van der Waals surface area contributed by atoms with Gasteiger partial charge in [0.15, 0.2) is 11.5 Å². The van der Waals surface area contributed by atoms with Crippen LogP contribution in [-0.4, -0.2) is 47.0 Å². The fourth-order valence-electron chi connectivity index (χ4n) is 4.11. The Kier molecular flexibility index (Phi) is 8.43. The van der Waals surface area contributed by atoms with Crippen molar-refractivity contribution in [1.82, 2.24) is 14.5 Å². The monoisotopic (exact) mass is 512 g/mol. The molecule has 0 spiro atoms. The molecule has 0 saturated heterocycles. The highest BCUT2D eigenvalue weighted by molar-refractivity contribution is 5.94. The number of aromatic nitrogens is 2. The fourth-order valence-corrected chi connectivity index (χ4v) is 4.11.